The van der Waals surface area contributed by atoms with Crippen molar-refractivity contribution in [1.29, 1.82) is 0 Å². The van der Waals surface area contributed by atoms with Crippen LogP contribution in [0.5, 0.6) is 0 Å². The monoisotopic (exact) mass is 298 g/mol. The molecule has 5 heteroatoms. The minimum atomic E-state index is 0.307. The maximum absolute atomic E-state index is 12.0. The first-order valence-electron chi connectivity index (χ1n) is 6.64. The fourth-order valence-electron chi connectivity index (χ4n) is 2.49. The predicted octanol–water partition coefficient (Wildman–Crippen LogP) is 3.05. The molecule has 0 atom stereocenters. The van der Waals surface area contributed by atoms with Gasteiger partial charge in [0.15, 0.2) is 0 Å². The van der Waals surface area contributed by atoms with Crippen molar-refractivity contribution in [1.82, 2.24) is 4.90 Å². The molecule has 1 saturated heterocycles. The van der Waals surface area contributed by atoms with E-state index in [1.165, 1.54) is 0 Å². The molecule has 1 amide bonds. The summed E-state index contributed by atoms with van der Waals surface area (Å²) in [5.41, 5.74) is 0.965. The molecule has 2 fully saturated rings. The van der Waals surface area contributed by atoms with Crippen LogP contribution in [0.1, 0.15) is 12.8 Å². The van der Waals surface area contributed by atoms with Gasteiger partial charge in [0.1, 0.15) is 0 Å². The molecule has 1 aliphatic carbocycles. The molecule has 0 spiro atoms. The molecule has 1 aliphatic heterocycles. The molecule has 0 bridgehead atoms. The predicted molar refractivity (Wildman–Crippen MR) is 78.0 cm³/mol. The smallest absolute Gasteiger partial charge is 0.225 e. The molecule has 3 rings (SSSR count). The van der Waals surface area contributed by atoms with E-state index >= 15 is 0 Å². The number of piperazine rings is 1. The molecular formula is C14H16Cl2N2O. The summed E-state index contributed by atoms with van der Waals surface area (Å²) in [4.78, 5) is 16.2. The van der Waals surface area contributed by atoms with Crippen LogP contribution in [0.2, 0.25) is 10.0 Å². The minimum absolute atomic E-state index is 0.307. The molecular weight excluding hydrogens is 283 g/mol. The van der Waals surface area contributed by atoms with E-state index in [1.807, 2.05) is 17.0 Å². The van der Waals surface area contributed by atoms with Crippen LogP contribution >= 0.6 is 23.2 Å². The number of carbonyl (C=O) groups is 1. The number of halogens is 2. The summed E-state index contributed by atoms with van der Waals surface area (Å²) >= 11 is 12.3. The maximum Gasteiger partial charge on any atom is 0.225 e. The Balaban J connectivity index is 1.66. The van der Waals surface area contributed by atoms with Gasteiger partial charge in [-0.1, -0.05) is 29.3 Å². The lowest BCUT2D eigenvalue weighted by atomic mass is 10.2. The Bertz CT molecular complexity index is 494. The zero-order valence-electron chi connectivity index (χ0n) is 10.6. The molecule has 1 saturated carbocycles. The molecule has 0 radical (unpaired) electrons. The molecule has 1 heterocycles. The number of anilines is 1. The van der Waals surface area contributed by atoms with Crippen LogP contribution < -0.4 is 4.90 Å². The van der Waals surface area contributed by atoms with Crippen LogP contribution in [0.25, 0.3) is 0 Å². The van der Waals surface area contributed by atoms with Crippen LogP contribution in [-0.2, 0) is 4.79 Å². The van der Waals surface area contributed by atoms with Gasteiger partial charge in [-0.15, -0.1) is 0 Å². The van der Waals surface area contributed by atoms with Crippen LogP contribution in [0, 0.1) is 5.92 Å². The first kappa shape index (κ1) is 13.1. The number of amides is 1. The van der Waals surface area contributed by atoms with E-state index in [2.05, 4.69) is 4.90 Å². The topological polar surface area (TPSA) is 23.6 Å². The molecule has 19 heavy (non-hydrogen) atoms. The van der Waals surface area contributed by atoms with Gasteiger partial charge in [-0.25, -0.2) is 0 Å². The molecule has 1 aromatic rings. The van der Waals surface area contributed by atoms with E-state index < -0.39 is 0 Å². The number of hydrogen-bond donors (Lipinski definition) is 0. The molecule has 102 valence electrons. The summed E-state index contributed by atoms with van der Waals surface area (Å²) < 4.78 is 0. The summed E-state index contributed by atoms with van der Waals surface area (Å²) in [5.74, 6) is 0.637. The lowest BCUT2D eigenvalue weighted by Gasteiger charge is -2.36. The third-order valence-corrected chi connectivity index (χ3v) is 4.60. The Morgan fingerprint density at radius 1 is 1.11 bits per heavy atom. The van der Waals surface area contributed by atoms with Gasteiger partial charge in [0, 0.05) is 32.1 Å². The van der Waals surface area contributed by atoms with Crippen molar-refractivity contribution >= 4 is 34.8 Å². The Morgan fingerprint density at radius 3 is 2.42 bits per heavy atom. The Kier molecular flexibility index (Phi) is 3.59. The summed E-state index contributed by atoms with van der Waals surface area (Å²) in [6.07, 6.45) is 2.14. The third kappa shape index (κ3) is 2.67. The fraction of sp³-hybridized carbons (Fsp3) is 0.500. The van der Waals surface area contributed by atoms with Gasteiger partial charge < -0.3 is 9.80 Å². The second-order valence-electron chi connectivity index (χ2n) is 5.16. The van der Waals surface area contributed by atoms with Crippen LogP contribution in [0.3, 0.4) is 0 Å². The van der Waals surface area contributed by atoms with Crippen LogP contribution in [0.4, 0.5) is 5.69 Å². The normalized spacial score (nSPS) is 19.7. The molecule has 2 aliphatic rings. The first-order valence-corrected chi connectivity index (χ1v) is 7.40. The summed E-state index contributed by atoms with van der Waals surface area (Å²) in [5, 5.41) is 1.18. The highest BCUT2D eigenvalue weighted by Gasteiger charge is 2.34. The van der Waals surface area contributed by atoms with Crippen molar-refractivity contribution in [2.75, 3.05) is 31.1 Å². The minimum Gasteiger partial charge on any atom is -0.367 e. The highest BCUT2D eigenvalue weighted by atomic mass is 35.5. The highest BCUT2D eigenvalue weighted by molar-refractivity contribution is 6.43. The molecule has 3 nitrogen and oxygen atoms in total. The van der Waals surface area contributed by atoms with E-state index in [1.54, 1.807) is 6.07 Å². The van der Waals surface area contributed by atoms with Crippen LogP contribution in [-0.4, -0.2) is 37.0 Å². The number of carbonyl (C=O) groups excluding carboxylic acids is 1. The lowest BCUT2D eigenvalue weighted by molar-refractivity contribution is -0.132. The van der Waals surface area contributed by atoms with Gasteiger partial charge in [-0.2, -0.15) is 0 Å². The van der Waals surface area contributed by atoms with E-state index in [0.717, 1.165) is 44.7 Å². The Morgan fingerprint density at radius 2 is 1.79 bits per heavy atom. The first-order chi connectivity index (χ1) is 9.16. The van der Waals surface area contributed by atoms with Crippen molar-refractivity contribution in [2.45, 2.75) is 12.8 Å². The zero-order chi connectivity index (χ0) is 13.4. The van der Waals surface area contributed by atoms with E-state index in [4.69, 9.17) is 23.2 Å². The maximum atomic E-state index is 12.0. The SMILES string of the molecule is O=C(C1CC1)N1CCN(c2cccc(Cl)c2Cl)CC1. The molecule has 0 N–H and O–H groups in total. The summed E-state index contributed by atoms with van der Waals surface area (Å²) in [6.45, 7) is 3.19. The highest BCUT2D eigenvalue weighted by Crippen LogP contribution is 2.34. The largest absolute Gasteiger partial charge is 0.367 e. The molecule has 0 aromatic heterocycles. The standard InChI is InChI=1S/C14H16Cl2N2O/c15-11-2-1-3-12(13(11)16)17-6-8-18(9-7-17)14(19)10-4-5-10/h1-3,10H,4-9H2. The average Bonchev–Trinajstić information content (AvgIpc) is 3.26. The van der Waals surface area contributed by atoms with Crippen molar-refractivity contribution < 1.29 is 4.79 Å². The number of benzene rings is 1. The number of nitrogens with zero attached hydrogens (tertiary/aromatic N) is 2. The molecule has 0 unspecified atom stereocenters. The second kappa shape index (κ2) is 5.22. The number of rotatable bonds is 2. The second-order valence-corrected chi connectivity index (χ2v) is 5.94. The Labute approximate surface area is 123 Å². The lowest BCUT2D eigenvalue weighted by Crippen LogP contribution is -2.49. The van der Waals surface area contributed by atoms with E-state index in [0.29, 0.717) is 21.9 Å². The van der Waals surface area contributed by atoms with Crippen LogP contribution in [0.15, 0.2) is 18.2 Å². The van der Waals surface area contributed by atoms with Crippen molar-refractivity contribution in [3.8, 4) is 0 Å². The third-order valence-electron chi connectivity index (χ3n) is 3.79. The van der Waals surface area contributed by atoms with Crippen molar-refractivity contribution in [3.63, 3.8) is 0 Å². The quantitative estimate of drug-likeness (QED) is 0.838. The zero-order valence-corrected chi connectivity index (χ0v) is 12.1. The van der Waals surface area contributed by atoms with Gasteiger partial charge >= 0.3 is 0 Å². The van der Waals surface area contributed by atoms with Crippen molar-refractivity contribution in [2.24, 2.45) is 5.92 Å². The van der Waals surface area contributed by atoms with Crippen molar-refractivity contribution in [3.05, 3.63) is 28.2 Å². The van der Waals surface area contributed by atoms with Gasteiger partial charge in [-0.05, 0) is 25.0 Å². The van der Waals surface area contributed by atoms with Gasteiger partial charge in [-0.3, -0.25) is 4.79 Å². The van der Waals surface area contributed by atoms with Gasteiger partial charge in [0.25, 0.3) is 0 Å². The summed E-state index contributed by atoms with van der Waals surface area (Å²) in [7, 11) is 0. The van der Waals surface area contributed by atoms with Gasteiger partial charge in [0.05, 0.1) is 15.7 Å². The van der Waals surface area contributed by atoms with Gasteiger partial charge in [0.2, 0.25) is 5.91 Å². The average molecular weight is 299 g/mol. The van der Waals surface area contributed by atoms with E-state index in [9.17, 15) is 4.79 Å². The molecule has 1 aromatic carbocycles. The number of hydrogen-bond acceptors (Lipinski definition) is 2. The van der Waals surface area contributed by atoms with E-state index in [-0.39, 0.29) is 0 Å². The Hall–Kier alpha value is -0.930. The summed E-state index contributed by atoms with van der Waals surface area (Å²) in [6, 6.07) is 5.68. The fourth-order valence-corrected chi connectivity index (χ4v) is 2.91.